The van der Waals surface area contributed by atoms with E-state index in [-0.39, 0.29) is 6.04 Å². The first kappa shape index (κ1) is 21.1. The Morgan fingerprint density at radius 3 is 1.89 bits per heavy atom. The summed E-state index contributed by atoms with van der Waals surface area (Å²) in [6.07, 6.45) is 0. The second-order valence-electron chi connectivity index (χ2n) is 6.40. The number of amides is 3. The van der Waals surface area contributed by atoms with E-state index < -0.39 is 23.8 Å². The molecule has 2 unspecified atom stereocenters. The number of carbonyl (C=O) groups is 3. The fraction of sp³-hybridized carbons (Fsp3) is 0.250. The Bertz CT molecular complexity index is 832. The summed E-state index contributed by atoms with van der Waals surface area (Å²) in [5.74, 6) is -2.25. The minimum atomic E-state index is -1.49. The molecule has 2 atom stereocenters. The van der Waals surface area contributed by atoms with Gasteiger partial charge in [-0.2, -0.15) is 0 Å². The van der Waals surface area contributed by atoms with Gasteiger partial charge in [-0.05, 0) is 35.7 Å². The first-order valence-electron chi connectivity index (χ1n) is 8.68. The van der Waals surface area contributed by atoms with Gasteiger partial charge in [0.2, 0.25) is 0 Å². The van der Waals surface area contributed by atoms with Gasteiger partial charge < -0.3 is 16.0 Å². The number of benzene rings is 2. The van der Waals surface area contributed by atoms with Crippen molar-refractivity contribution in [3.63, 3.8) is 0 Å². The molecule has 0 aliphatic heterocycles. The van der Waals surface area contributed by atoms with Crippen LogP contribution >= 0.6 is 0 Å². The maximum Gasteiger partial charge on any atom is 0.275 e. The molecule has 148 valence electrons. The molecule has 0 spiro atoms. The van der Waals surface area contributed by atoms with Gasteiger partial charge in [-0.3, -0.25) is 19.6 Å². The summed E-state index contributed by atoms with van der Waals surface area (Å²) in [6.45, 7) is 1.91. The Morgan fingerprint density at radius 2 is 1.46 bits per heavy atom. The minimum absolute atomic E-state index is 0.0472. The molecule has 0 heterocycles. The van der Waals surface area contributed by atoms with Gasteiger partial charge in [-0.25, -0.2) is 5.48 Å². The summed E-state index contributed by atoms with van der Waals surface area (Å²) in [4.78, 5) is 37.3. The predicted octanol–water partition coefficient (Wildman–Crippen LogP) is 1.07. The van der Waals surface area contributed by atoms with Gasteiger partial charge in [-0.1, -0.05) is 36.4 Å². The van der Waals surface area contributed by atoms with Crippen LogP contribution in [0.3, 0.4) is 0 Å². The molecule has 0 aromatic heterocycles. The topological polar surface area (TPSA) is 125 Å². The molecule has 8 nitrogen and oxygen atoms in total. The van der Waals surface area contributed by atoms with Crippen molar-refractivity contribution in [1.82, 2.24) is 15.7 Å². The van der Waals surface area contributed by atoms with Crippen molar-refractivity contribution < 1.29 is 19.6 Å². The monoisotopic (exact) mass is 384 g/mol. The zero-order valence-corrected chi connectivity index (χ0v) is 16.0. The molecule has 0 fully saturated rings. The molecule has 8 heteroatoms. The Balaban J connectivity index is 2.22. The van der Waals surface area contributed by atoms with Gasteiger partial charge in [0.15, 0.2) is 6.04 Å². The van der Waals surface area contributed by atoms with Crippen molar-refractivity contribution in [3.05, 3.63) is 59.7 Å². The van der Waals surface area contributed by atoms with Gasteiger partial charge in [-0.15, -0.1) is 0 Å². The van der Waals surface area contributed by atoms with Gasteiger partial charge in [0.1, 0.15) is 0 Å². The minimum Gasteiger partial charge on any atom is -0.357 e. The highest BCUT2D eigenvalue weighted by Gasteiger charge is 2.33. The Morgan fingerprint density at radius 1 is 0.964 bits per heavy atom. The molecular weight excluding hydrogens is 360 g/mol. The molecule has 28 heavy (non-hydrogen) atoms. The zero-order valence-electron chi connectivity index (χ0n) is 16.0. The predicted molar refractivity (Wildman–Crippen MR) is 104 cm³/mol. The third kappa shape index (κ3) is 4.54. The largest absolute Gasteiger partial charge is 0.357 e. The van der Waals surface area contributed by atoms with Crippen molar-refractivity contribution >= 4 is 17.7 Å². The van der Waals surface area contributed by atoms with Crippen molar-refractivity contribution in [1.29, 1.82) is 0 Å². The number of nitrogens with zero attached hydrogens (tertiary/aromatic N) is 1. The highest BCUT2D eigenvalue weighted by molar-refractivity contribution is 6.08. The van der Waals surface area contributed by atoms with Crippen LogP contribution in [0.25, 0.3) is 11.1 Å². The van der Waals surface area contributed by atoms with E-state index in [9.17, 15) is 14.4 Å². The summed E-state index contributed by atoms with van der Waals surface area (Å²) < 4.78 is 0. The smallest absolute Gasteiger partial charge is 0.275 e. The molecular formula is C20H24N4O4. The zero-order chi connectivity index (χ0) is 20.8. The molecule has 0 saturated heterocycles. The molecule has 2 rings (SSSR count). The summed E-state index contributed by atoms with van der Waals surface area (Å²) in [7, 11) is 2.65. The summed E-state index contributed by atoms with van der Waals surface area (Å²) in [5.41, 5.74) is 10.5. The van der Waals surface area contributed by atoms with Gasteiger partial charge >= 0.3 is 0 Å². The van der Waals surface area contributed by atoms with Gasteiger partial charge in [0.05, 0.1) is 0 Å². The number of hydrogen-bond acceptors (Lipinski definition) is 5. The van der Waals surface area contributed by atoms with Crippen LogP contribution in [0, 0.1) is 0 Å². The van der Waals surface area contributed by atoms with Crippen molar-refractivity contribution in [2.45, 2.75) is 19.0 Å². The van der Waals surface area contributed by atoms with E-state index in [0.29, 0.717) is 5.56 Å². The second kappa shape index (κ2) is 9.12. The maximum atomic E-state index is 12.7. The lowest BCUT2D eigenvalue weighted by Crippen LogP contribution is -2.54. The number of hydrogen-bond donors (Lipinski definition) is 4. The summed E-state index contributed by atoms with van der Waals surface area (Å²) in [6, 6.07) is 13.1. The number of likely N-dealkylation sites (N-methyl/N-ethyl adjacent to an activating group) is 2. The highest BCUT2D eigenvalue weighted by atomic mass is 16.5. The maximum absolute atomic E-state index is 12.7. The average molecular weight is 384 g/mol. The van der Waals surface area contributed by atoms with E-state index in [2.05, 4.69) is 5.32 Å². The molecule has 0 saturated carbocycles. The molecule has 3 amide bonds. The van der Waals surface area contributed by atoms with Crippen LogP contribution in [-0.2, 0) is 9.59 Å². The summed E-state index contributed by atoms with van der Waals surface area (Å²) >= 11 is 0. The molecule has 5 N–H and O–H groups in total. The first-order valence-corrected chi connectivity index (χ1v) is 8.68. The van der Waals surface area contributed by atoms with E-state index in [1.165, 1.54) is 19.6 Å². The Hall–Kier alpha value is -3.23. The standard InChI is InChI=1S/C20H24N4O4/c1-12(21)13-4-6-14(7-5-13)15-8-10-16(11-9-15)20(27)24(3)17(18(25)22-2)19(26)23-28/h4-12,17,28H,21H2,1-3H3,(H,22,25)(H,23,26). The number of carbonyl (C=O) groups excluding carboxylic acids is 3. The van der Waals surface area contributed by atoms with E-state index in [0.717, 1.165) is 21.6 Å². The van der Waals surface area contributed by atoms with Crippen molar-refractivity contribution in [3.8, 4) is 11.1 Å². The molecule has 0 bridgehead atoms. The normalized spacial score (nSPS) is 12.6. The molecule has 0 aliphatic rings. The first-order chi connectivity index (χ1) is 13.3. The van der Waals surface area contributed by atoms with E-state index in [4.69, 9.17) is 10.9 Å². The van der Waals surface area contributed by atoms with Crippen LogP contribution < -0.4 is 16.5 Å². The highest BCUT2D eigenvalue weighted by Crippen LogP contribution is 2.22. The average Bonchev–Trinajstić information content (AvgIpc) is 2.73. The molecule has 2 aromatic carbocycles. The van der Waals surface area contributed by atoms with Crippen LogP contribution in [0.15, 0.2) is 48.5 Å². The third-order valence-electron chi connectivity index (χ3n) is 4.46. The van der Waals surface area contributed by atoms with E-state index in [1.807, 2.05) is 31.2 Å². The molecule has 2 aromatic rings. The van der Waals surface area contributed by atoms with Crippen molar-refractivity contribution in [2.24, 2.45) is 5.73 Å². The quantitative estimate of drug-likeness (QED) is 0.337. The number of rotatable bonds is 6. The van der Waals surface area contributed by atoms with Crippen LogP contribution in [0.1, 0.15) is 28.9 Å². The lowest BCUT2D eigenvalue weighted by Gasteiger charge is -2.25. The third-order valence-corrected chi connectivity index (χ3v) is 4.46. The van der Waals surface area contributed by atoms with Gasteiger partial charge in [0, 0.05) is 25.7 Å². The van der Waals surface area contributed by atoms with E-state index >= 15 is 0 Å². The molecule has 0 radical (unpaired) electrons. The SMILES string of the molecule is CNC(=O)C(C(=O)NO)N(C)C(=O)c1ccc(-c2ccc(C(C)N)cc2)cc1. The molecule has 0 aliphatic carbocycles. The lowest BCUT2D eigenvalue weighted by atomic mass is 10.0. The van der Waals surface area contributed by atoms with Gasteiger partial charge in [0.25, 0.3) is 17.7 Å². The fourth-order valence-corrected chi connectivity index (χ4v) is 2.77. The lowest BCUT2D eigenvalue weighted by molar-refractivity contribution is -0.140. The number of hydroxylamine groups is 1. The number of nitrogens with one attached hydrogen (secondary N) is 2. The number of nitrogens with two attached hydrogens (primary N) is 1. The van der Waals surface area contributed by atoms with Crippen LogP contribution in [-0.4, -0.2) is 48.0 Å². The second-order valence-corrected chi connectivity index (χ2v) is 6.40. The van der Waals surface area contributed by atoms with E-state index in [1.54, 1.807) is 24.3 Å². The van der Waals surface area contributed by atoms with Crippen LogP contribution in [0.4, 0.5) is 0 Å². The Labute approximate surface area is 163 Å². The fourth-order valence-electron chi connectivity index (χ4n) is 2.77. The van der Waals surface area contributed by atoms with Crippen LogP contribution in [0.5, 0.6) is 0 Å². The van der Waals surface area contributed by atoms with Crippen LogP contribution in [0.2, 0.25) is 0 Å². The summed E-state index contributed by atoms with van der Waals surface area (Å²) in [5, 5.41) is 11.1. The Kier molecular flexibility index (Phi) is 6.86. The van der Waals surface area contributed by atoms with Crippen molar-refractivity contribution in [2.75, 3.05) is 14.1 Å².